The number of anilines is 1. The Morgan fingerprint density at radius 2 is 1.95 bits per heavy atom. The molecule has 1 atom stereocenters. The van der Waals surface area contributed by atoms with Crippen molar-refractivity contribution in [2.45, 2.75) is 72.4 Å². The van der Waals surface area contributed by atoms with Crippen molar-refractivity contribution in [2.75, 3.05) is 5.73 Å². The summed E-state index contributed by atoms with van der Waals surface area (Å²) >= 11 is 0. The third-order valence-corrected chi connectivity index (χ3v) is 3.89. The number of aryl methyl sites for hydroxylation is 1. The third-order valence-electron chi connectivity index (χ3n) is 3.89. The van der Waals surface area contributed by atoms with Crippen molar-refractivity contribution in [3.05, 3.63) is 11.4 Å². The summed E-state index contributed by atoms with van der Waals surface area (Å²) in [5.74, 6) is -0.0169. The van der Waals surface area contributed by atoms with Crippen molar-refractivity contribution in [3.63, 3.8) is 0 Å². The van der Waals surface area contributed by atoms with E-state index < -0.39 is 0 Å². The van der Waals surface area contributed by atoms with Crippen LogP contribution in [0.3, 0.4) is 0 Å². The van der Waals surface area contributed by atoms with Gasteiger partial charge >= 0.3 is 0 Å². The number of rotatable bonds is 6. The van der Waals surface area contributed by atoms with Crippen LogP contribution in [0.2, 0.25) is 0 Å². The first-order chi connectivity index (χ1) is 9.27. The predicted molar refractivity (Wildman–Crippen MR) is 82.6 cm³/mol. The van der Waals surface area contributed by atoms with Gasteiger partial charge in [-0.25, -0.2) is 0 Å². The van der Waals surface area contributed by atoms with E-state index >= 15 is 0 Å². The Morgan fingerprint density at radius 3 is 2.40 bits per heavy atom. The Balaban J connectivity index is 3.03. The molecule has 1 aromatic heterocycles. The molecule has 3 N–H and O–H groups in total. The molecule has 1 rings (SSSR count). The second kappa shape index (κ2) is 6.29. The quantitative estimate of drug-likeness (QED) is 0.840. The molecule has 0 aliphatic rings. The second-order valence-corrected chi connectivity index (χ2v) is 5.86. The van der Waals surface area contributed by atoms with Gasteiger partial charge in [0.15, 0.2) is 0 Å². The highest BCUT2D eigenvalue weighted by atomic mass is 16.2. The maximum Gasteiger partial charge on any atom is 0.244 e. The fraction of sp³-hybridized carbons (Fsp3) is 0.733. The number of nitrogens with zero attached hydrogens (tertiary/aromatic N) is 2. The average molecular weight is 280 g/mol. The van der Waals surface area contributed by atoms with E-state index in [0.29, 0.717) is 0 Å². The van der Waals surface area contributed by atoms with E-state index in [-0.39, 0.29) is 17.5 Å². The highest BCUT2D eigenvalue weighted by Gasteiger charge is 2.26. The lowest BCUT2D eigenvalue weighted by molar-refractivity contribution is -0.125. The minimum atomic E-state index is -0.349. The number of aromatic nitrogens is 2. The Kier molecular flexibility index (Phi) is 5.20. The normalized spacial score (nSPS) is 13.3. The molecule has 0 aliphatic heterocycles. The summed E-state index contributed by atoms with van der Waals surface area (Å²) < 4.78 is 1.77. The van der Waals surface area contributed by atoms with E-state index in [4.69, 9.17) is 5.73 Å². The molecule has 20 heavy (non-hydrogen) atoms. The zero-order chi connectivity index (χ0) is 15.5. The van der Waals surface area contributed by atoms with E-state index in [1.807, 2.05) is 34.6 Å². The molecule has 0 aliphatic carbocycles. The van der Waals surface area contributed by atoms with Crippen LogP contribution < -0.4 is 11.1 Å². The molecule has 5 nitrogen and oxygen atoms in total. The van der Waals surface area contributed by atoms with Crippen LogP contribution in [0.15, 0.2) is 0 Å². The van der Waals surface area contributed by atoms with Crippen LogP contribution in [-0.2, 0) is 17.6 Å². The van der Waals surface area contributed by atoms with Crippen LogP contribution in [0, 0.1) is 0 Å². The molecular formula is C15H28N4O. The lowest BCUT2D eigenvalue weighted by Crippen LogP contribution is -2.45. The van der Waals surface area contributed by atoms with Crippen LogP contribution in [0.25, 0.3) is 0 Å². The number of hydrogen-bond acceptors (Lipinski definition) is 3. The maximum atomic E-state index is 12.4. The summed E-state index contributed by atoms with van der Waals surface area (Å²) in [6.07, 6.45) is 2.43. The summed E-state index contributed by atoms with van der Waals surface area (Å²) in [4.78, 5) is 12.4. The van der Waals surface area contributed by atoms with Gasteiger partial charge in [-0.2, -0.15) is 5.10 Å². The fourth-order valence-corrected chi connectivity index (χ4v) is 2.11. The summed E-state index contributed by atoms with van der Waals surface area (Å²) in [5.41, 5.74) is 8.44. The lowest BCUT2D eigenvalue weighted by Gasteiger charge is -2.27. The largest absolute Gasteiger partial charge is 0.396 e. The van der Waals surface area contributed by atoms with E-state index in [1.54, 1.807) is 4.68 Å². The summed E-state index contributed by atoms with van der Waals surface area (Å²) in [6.45, 7) is 12.0. The Hall–Kier alpha value is -1.52. The molecule has 1 aromatic rings. The molecule has 0 bridgehead atoms. The van der Waals surface area contributed by atoms with E-state index in [2.05, 4.69) is 17.3 Å². The minimum absolute atomic E-state index is 0.0169. The van der Waals surface area contributed by atoms with Crippen molar-refractivity contribution in [3.8, 4) is 0 Å². The van der Waals surface area contributed by atoms with Gasteiger partial charge in [0.2, 0.25) is 5.91 Å². The molecule has 0 spiro atoms. The van der Waals surface area contributed by atoms with E-state index in [0.717, 1.165) is 36.3 Å². The maximum absolute atomic E-state index is 12.4. The number of carbonyl (C=O) groups is 1. The summed E-state index contributed by atoms with van der Waals surface area (Å²) in [7, 11) is 0. The van der Waals surface area contributed by atoms with Gasteiger partial charge in [0, 0.05) is 5.54 Å². The molecule has 0 fully saturated rings. The van der Waals surface area contributed by atoms with Gasteiger partial charge < -0.3 is 11.1 Å². The van der Waals surface area contributed by atoms with Crippen molar-refractivity contribution in [1.29, 1.82) is 0 Å². The Bertz CT molecular complexity index is 476. The lowest BCUT2D eigenvalue weighted by atomic mass is 10.0. The molecule has 114 valence electrons. The predicted octanol–water partition coefficient (Wildman–Crippen LogP) is 2.46. The van der Waals surface area contributed by atoms with Crippen LogP contribution in [0.1, 0.15) is 65.4 Å². The number of nitrogens with one attached hydrogen (secondary N) is 1. The van der Waals surface area contributed by atoms with Crippen molar-refractivity contribution >= 4 is 11.6 Å². The number of amides is 1. The smallest absolute Gasteiger partial charge is 0.244 e. The standard InChI is InChI=1S/C15H28N4O/c1-7-11-13(16)12(8-2)19(18-11)10(4)14(20)17-15(5,6)9-3/h10H,7-9,16H2,1-6H3,(H,17,20). The molecule has 0 saturated carbocycles. The molecule has 0 saturated heterocycles. The van der Waals surface area contributed by atoms with Gasteiger partial charge in [-0.15, -0.1) is 0 Å². The first-order valence-corrected chi connectivity index (χ1v) is 7.45. The number of carbonyl (C=O) groups excluding carboxylic acids is 1. The zero-order valence-electron chi connectivity index (χ0n) is 13.6. The number of nitrogen functional groups attached to an aromatic ring is 1. The second-order valence-electron chi connectivity index (χ2n) is 5.86. The Labute approximate surface area is 121 Å². The highest BCUT2D eigenvalue weighted by molar-refractivity contribution is 5.80. The van der Waals surface area contributed by atoms with E-state index in [1.165, 1.54) is 0 Å². The highest BCUT2D eigenvalue weighted by Crippen LogP contribution is 2.22. The van der Waals surface area contributed by atoms with Gasteiger partial charge in [-0.1, -0.05) is 20.8 Å². The molecule has 1 unspecified atom stereocenters. The van der Waals surface area contributed by atoms with Gasteiger partial charge in [-0.3, -0.25) is 9.48 Å². The number of nitrogens with two attached hydrogens (primary N) is 1. The van der Waals surface area contributed by atoms with Crippen LogP contribution >= 0.6 is 0 Å². The molecule has 0 aromatic carbocycles. The topological polar surface area (TPSA) is 72.9 Å². The average Bonchev–Trinajstić information content (AvgIpc) is 2.73. The third kappa shape index (κ3) is 3.32. The SMILES string of the molecule is CCc1nn(C(C)C(=O)NC(C)(C)CC)c(CC)c1N. The molecule has 1 heterocycles. The summed E-state index contributed by atoms with van der Waals surface area (Å²) in [6, 6.07) is -0.349. The van der Waals surface area contributed by atoms with Crippen LogP contribution in [-0.4, -0.2) is 21.2 Å². The fourth-order valence-electron chi connectivity index (χ4n) is 2.11. The van der Waals surface area contributed by atoms with Gasteiger partial charge in [0.1, 0.15) is 6.04 Å². The first kappa shape index (κ1) is 16.5. The number of hydrogen-bond donors (Lipinski definition) is 2. The van der Waals surface area contributed by atoms with Gasteiger partial charge in [-0.05, 0) is 40.0 Å². The Morgan fingerprint density at radius 1 is 1.35 bits per heavy atom. The monoisotopic (exact) mass is 280 g/mol. The van der Waals surface area contributed by atoms with Gasteiger partial charge in [0.25, 0.3) is 0 Å². The molecule has 1 amide bonds. The van der Waals surface area contributed by atoms with Gasteiger partial charge in [0.05, 0.1) is 17.1 Å². The van der Waals surface area contributed by atoms with E-state index in [9.17, 15) is 4.79 Å². The van der Waals surface area contributed by atoms with Crippen LogP contribution in [0.5, 0.6) is 0 Å². The minimum Gasteiger partial charge on any atom is -0.396 e. The molecule has 5 heteroatoms. The van der Waals surface area contributed by atoms with Crippen molar-refractivity contribution in [2.24, 2.45) is 0 Å². The first-order valence-electron chi connectivity index (χ1n) is 7.45. The summed E-state index contributed by atoms with van der Waals surface area (Å²) in [5, 5.41) is 7.57. The molecule has 0 radical (unpaired) electrons. The zero-order valence-corrected chi connectivity index (χ0v) is 13.6. The molecular weight excluding hydrogens is 252 g/mol. The van der Waals surface area contributed by atoms with Crippen molar-refractivity contribution < 1.29 is 4.79 Å². The van der Waals surface area contributed by atoms with Crippen molar-refractivity contribution in [1.82, 2.24) is 15.1 Å². The van der Waals surface area contributed by atoms with Crippen LogP contribution in [0.4, 0.5) is 5.69 Å².